The molecule has 0 spiro atoms. The van der Waals surface area contributed by atoms with Gasteiger partial charge >= 0.3 is 0 Å². The van der Waals surface area contributed by atoms with E-state index < -0.39 is 0 Å². The fourth-order valence-electron chi connectivity index (χ4n) is 1.63. The standard InChI is InChI=1S/C14H14N2O3/c1-9-7-8-19-13(9)14(18)16-12-5-3-11(4-6-12)15-10(2)17/h3-8H,1-2H3,(H,15,17)(H,16,18). The summed E-state index contributed by atoms with van der Waals surface area (Å²) in [5.74, 6) is -0.135. The van der Waals surface area contributed by atoms with Crippen molar-refractivity contribution in [3.05, 3.63) is 47.9 Å². The molecular weight excluding hydrogens is 244 g/mol. The lowest BCUT2D eigenvalue weighted by Gasteiger charge is -2.06. The number of hydrogen-bond acceptors (Lipinski definition) is 3. The third-order valence-corrected chi connectivity index (χ3v) is 2.53. The second-order valence-electron chi connectivity index (χ2n) is 4.15. The average molecular weight is 258 g/mol. The predicted octanol–water partition coefficient (Wildman–Crippen LogP) is 2.80. The molecule has 5 nitrogen and oxygen atoms in total. The van der Waals surface area contributed by atoms with Crippen LogP contribution in [0, 0.1) is 6.92 Å². The highest BCUT2D eigenvalue weighted by Crippen LogP contribution is 2.16. The molecule has 2 rings (SSSR count). The number of aryl methyl sites for hydroxylation is 1. The number of rotatable bonds is 3. The highest BCUT2D eigenvalue weighted by molar-refractivity contribution is 6.03. The second-order valence-corrected chi connectivity index (χ2v) is 4.15. The van der Waals surface area contributed by atoms with E-state index in [2.05, 4.69) is 10.6 Å². The van der Waals surface area contributed by atoms with E-state index in [1.807, 2.05) is 0 Å². The van der Waals surface area contributed by atoms with Crippen LogP contribution in [0.3, 0.4) is 0 Å². The first-order valence-electron chi connectivity index (χ1n) is 5.79. The highest BCUT2D eigenvalue weighted by atomic mass is 16.3. The van der Waals surface area contributed by atoms with Crippen LogP contribution in [0.4, 0.5) is 11.4 Å². The molecule has 2 amide bonds. The van der Waals surface area contributed by atoms with Crippen LogP contribution >= 0.6 is 0 Å². The second kappa shape index (κ2) is 5.39. The summed E-state index contributed by atoms with van der Waals surface area (Å²) in [4.78, 5) is 22.8. The Labute approximate surface area is 110 Å². The monoisotopic (exact) mass is 258 g/mol. The van der Waals surface area contributed by atoms with Crippen LogP contribution in [-0.4, -0.2) is 11.8 Å². The number of hydrogen-bond donors (Lipinski definition) is 2. The van der Waals surface area contributed by atoms with Gasteiger partial charge in [-0.2, -0.15) is 0 Å². The van der Waals surface area contributed by atoms with Gasteiger partial charge < -0.3 is 15.1 Å². The number of carbonyl (C=O) groups excluding carboxylic acids is 2. The summed E-state index contributed by atoms with van der Waals surface area (Å²) in [6, 6.07) is 8.58. The number of carbonyl (C=O) groups is 2. The van der Waals surface area contributed by atoms with Gasteiger partial charge in [0.25, 0.3) is 5.91 Å². The summed E-state index contributed by atoms with van der Waals surface area (Å²) < 4.78 is 5.11. The van der Waals surface area contributed by atoms with Gasteiger partial charge in [-0.05, 0) is 37.3 Å². The fraction of sp³-hybridized carbons (Fsp3) is 0.143. The van der Waals surface area contributed by atoms with Gasteiger partial charge in [0.2, 0.25) is 5.91 Å². The van der Waals surface area contributed by atoms with Crippen molar-refractivity contribution in [1.82, 2.24) is 0 Å². The van der Waals surface area contributed by atoms with E-state index in [9.17, 15) is 9.59 Å². The van der Waals surface area contributed by atoms with E-state index in [1.165, 1.54) is 13.2 Å². The Morgan fingerprint density at radius 3 is 2.05 bits per heavy atom. The van der Waals surface area contributed by atoms with Crippen molar-refractivity contribution in [2.45, 2.75) is 13.8 Å². The van der Waals surface area contributed by atoms with Crippen LogP contribution < -0.4 is 10.6 Å². The normalized spacial score (nSPS) is 10.0. The lowest BCUT2D eigenvalue weighted by atomic mass is 10.2. The molecule has 0 bridgehead atoms. The van der Waals surface area contributed by atoms with Gasteiger partial charge in [-0.1, -0.05) is 0 Å². The van der Waals surface area contributed by atoms with Crippen LogP contribution in [0.15, 0.2) is 41.0 Å². The van der Waals surface area contributed by atoms with Crippen molar-refractivity contribution in [1.29, 1.82) is 0 Å². The minimum atomic E-state index is -0.297. The van der Waals surface area contributed by atoms with Crippen molar-refractivity contribution in [3.63, 3.8) is 0 Å². The van der Waals surface area contributed by atoms with E-state index in [0.29, 0.717) is 17.1 Å². The molecule has 0 fully saturated rings. The lowest BCUT2D eigenvalue weighted by Crippen LogP contribution is -2.12. The molecule has 0 saturated heterocycles. The van der Waals surface area contributed by atoms with E-state index in [0.717, 1.165) is 5.56 Å². The first-order valence-corrected chi connectivity index (χ1v) is 5.79. The molecule has 19 heavy (non-hydrogen) atoms. The Kier molecular flexibility index (Phi) is 3.66. The first kappa shape index (κ1) is 12.9. The van der Waals surface area contributed by atoms with Gasteiger partial charge in [-0.3, -0.25) is 9.59 Å². The zero-order chi connectivity index (χ0) is 13.8. The number of amides is 2. The van der Waals surface area contributed by atoms with E-state index >= 15 is 0 Å². The fourth-order valence-corrected chi connectivity index (χ4v) is 1.63. The molecule has 1 heterocycles. The first-order chi connectivity index (χ1) is 9.06. The minimum absolute atomic E-state index is 0.136. The maximum Gasteiger partial charge on any atom is 0.291 e. The molecule has 5 heteroatoms. The zero-order valence-corrected chi connectivity index (χ0v) is 10.7. The van der Waals surface area contributed by atoms with E-state index in [1.54, 1.807) is 37.3 Å². The summed E-state index contributed by atoms with van der Waals surface area (Å²) in [5.41, 5.74) is 2.10. The lowest BCUT2D eigenvalue weighted by molar-refractivity contribution is -0.114. The van der Waals surface area contributed by atoms with Crippen molar-refractivity contribution in [3.8, 4) is 0 Å². The summed E-state index contributed by atoms with van der Waals surface area (Å²) >= 11 is 0. The number of anilines is 2. The smallest absolute Gasteiger partial charge is 0.291 e. The topological polar surface area (TPSA) is 71.3 Å². The Bertz CT molecular complexity index is 599. The third-order valence-electron chi connectivity index (χ3n) is 2.53. The maximum atomic E-state index is 11.9. The van der Waals surface area contributed by atoms with Gasteiger partial charge in [-0.25, -0.2) is 0 Å². The van der Waals surface area contributed by atoms with Crippen LogP contribution in [0.1, 0.15) is 23.0 Å². The molecule has 98 valence electrons. The Balaban J connectivity index is 2.06. The molecule has 0 aliphatic carbocycles. The summed E-state index contributed by atoms with van der Waals surface area (Å²) in [5, 5.41) is 5.37. The molecule has 1 aromatic carbocycles. The summed E-state index contributed by atoms with van der Waals surface area (Å²) in [7, 11) is 0. The van der Waals surface area contributed by atoms with E-state index in [4.69, 9.17) is 4.42 Å². The SMILES string of the molecule is CC(=O)Nc1ccc(NC(=O)c2occc2C)cc1. The van der Waals surface area contributed by atoms with Gasteiger partial charge in [0, 0.05) is 23.9 Å². The van der Waals surface area contributed by atoms with Gasteiger partial charge in [0.15, 0.2) is 5.76 Å². The summed E-state index contributed by atoms with van der Waals surface area (Å²) in [6.45, 7) is 3.24. The molecule has 0 saturated carbocycles. The van der Waals surface area contributed by atoms with Crippen molar-refractivity contribution in [2.75, 3.05) is 10.6 Å². The maximum absolute atomic E-state index is 11.9. The highest BCUT2D eigenvalue weighted by Gasteiger charge is 2.12. The number of furan rings is 1. The molecule has 2 N–H and O–H groups in total. The molecule has 2 aromatic rings. The van der Waals surface area contributed by atoms with Gasteiger partial charge in [-0.15, -0.1) is 0 Å². The van der Waals surface area contributed by atoms with Gasteiger partial charge in [0.05, 0.1) is 6.26 Å². The zero-order valence-electron chi connectivity index (χ0n) is 10.7. The van der Waals surface area contributed by atoms with Crippen LogP contribution in [0.5, 0.6) is 0 Å². The minimum Gasteiger partial charge on any atom is -0.459 e. The van der Waals surface area contributed by atoms with Crippen LogP contribution in [0.2, 0.25) is 0 Å². The third kappa shape index (κ3) is 3.22. The Hall–Kier alpha value is -2.56. The molecule has 0 radical (unpaired) electrons. The van der Waals surface area contributed by atoms with Crippen molar-refractivity contribution in [2.24, 2.45) is 0 Å². The van der Waals surface area contributed by atoms with Crippen molar-refractivity contribution >= 4 is 23.2 Å². The molecule has 0 atom stereocenters. The molecule has 0 unspecified atom stereocenters. The van der Waals surface area contributed by atoms with Crippen LogP contribution in [-0.2, 0) is 4.79 Å². The largest absolute Gasteiger partial charge is 0.459 e. The van der Waals surface area contributed by atoms with Gasteiger partial charge in [0.1, 0.15) is 0 Å². The quantitative estimate of drug-likeness (QED) is 0.889. The van der Waals surface area contributed by atoms with E-state index in [-0.39, 0.29) is 11.8 Å². The van der Waals surface area contributed by atoms with Crippen molar-refractivity contribution < 1.29 is 14.0 Å². The average Bonchev–Trinajstić information content (AvgIpc) is 2.77. The molecule has 1 aromatic heterocycles. The molecule has 0 aliphatic heterocycles. The predicted molar refractivity (Wildman–Crippen MR) is 72.1 cm³/mol. The Morgan fingerprint density at radius 2 is 1.58 bits per heavy atom. The Morgan fingerprint density at radius 1 is 1.00 bits per heavy atom. The number of nitrogens with one attached hydrogen (secondary N) is 2. The number of benzene rings is 1. The summed E-state index contributed by atoms with van der Waals surface area (Å²) in [6.07, 6.45) is 1.48. The molecule has 0 aliphatic rings. The molecular formula is C14H14N2O3. The van der Waals surface area contributed by atoms with Crippen LogP contribution in [0.25, 0.3) is 0 Å².